The van der Waals surface area contributed by atoms with Gasteiger partial charge in [0.25, 0.3) is 20.0 Å². The number of rotatable bonds is 8. The molecule has 0 fully saturated rings. The molecule has 0 bridgehead atoms. The van der Waals surface area contributed by atoms with Gasteiger partial charge in [0.2, 0.25) is 0 Å². The van der Waals surface area contributed by atoms with Crippen molar-refractivity contribution in [1.82, 2.24) is 0 Å². The Morgan fingerprint density at radius 1 is 0.639 bits per heavy atom. The van der Waals surface area contributed by atoms with Crippen LogP contribution in [0.3, 0.4) is 0 Å². The van der Waals surface area contributed by atoms with Crippen molar-refractivity contribution < 1.29 is 16.8 Å². The Bertz CT molecular complexity index is 1610. The number of aryl methyl sites for hydroxylation is 2. The van der Waals surface area contributed by atoms with Gasteiger partial charge in [-0.3, -0.25) is 14.4 Å². The predicted octanol–water partition coefficient (Wildman–Crippen LogP) is 5.66. The summed E-state index contributed by atoms with van der Waals surface area (Å²) in [7, 11) is -7.53. The first-order valence-corrected chi connectivity index (χ1v) is 14.0. The van der Waals surface area contributed by atoms with Crippen molar-refractivity contribution in [2.75, 3.05) is 9.44 Å². The summed E-state index contributed by atoms with van der Waals surface area (Å²) in [6.07, 6.45) is 1.54. The third kappa shape index (κ3) is 6.18. The van der Waals surface area contributed by atoms with E-state index in [4.69, 9.17) is 0 Å². The third-order valence-electron chi connectivity index (χ3n) is 5.30. The Morgan fingerprint density at radius 3 is 1.81 bits per heavy atom. The molecule has 0 saturated heterocycles. The van der Waals surface area contributed by atoms with E-state index in [9.17, 15) is 16.8 Å². The normalized spacial score (nSPS) is 11.9. The largest absolute Gasteiger partial charge is 0.280 e. The molecular weight excluding hydrogens is 494 g/mol. The molecule has 0 aliphatic heterocycles. The summed E-state index contributed by atoms with van der Waals surface area (Å²) in [5, 5.41) is 0. The van der Waals surface area contributed by atoms with Crippen LogP contribution in [0.4, 0.5) is 17.1 Å². The molecule has 4 rings (SSSR count). The van der Waals surface area contributed by atoms with Crippen molar-refractivity contribution in [2.45, 2.75) is 23.6 Å². The fourth-order valence-corrected chi connectivity index (χ4v) is 5.48. The quantitative estimate of drug-likeness (QED) is 0.293. The minimum atomic E-state index is -3.79. The molecule has 184 valence electrons. The zero-order valence-corrected chi connectivity index (χ0v) is 21.3. The second kappa shape index (κ2) is 10.3. The first-order valence-electron chi connectivity index (χ1n) is 11.0. The molecule has 0 amide bonds. The van der Waals surface area contributed by atoms with Crippen LogP contribution >= 0.6 is 0 Å². The average Bonchev–Trinajstić information content (AvgIpc) is 2.84. The zero-order valence-electron chi connectivity index (χ0n) is 19.7. The summed E-state index contributed by atoms with van der Waals surface area (Å²) in [6, 6.07) is 26.7. The van der Waals surface area contributed by atoms with Gasteiger partial charge >= 0.3 is 0 Å². The van der Waals surface area contributed by atoms with Gasteiger partial charge in [0.15, 0.2) is 0 Å². The molecule has 0 unspecified atom stereocenters. The van der Waals surface area contributed by atoms with Gasteiger partial charge in [0.1, 0.15) is 0 Å². The molecule has 2 N–H and O–H groups in total. The predicted molar refractivity (Wildman–Crippen MR) is 144 cm³/mol. The van der Waals surface area contributed by atoms with Gasteiger partial charge in [-0.15, -0.1) is 0 Å². The van der Waals surface area contributed by atoms with Crippen LogP contribution in [0, 0.1) is 13.8 Å². The van der Waals surface area contributed by atoms with E-state index in [1.165, 1.54) is 0 Å². The van der Waals surface area contributed by atoms with Crippen molar-refractivity contribution >= 4 is 43.3 Å². The van der Waals surface area contributed by atoms with Gasteiger partial charge in [-0.25, -0.2) is 16.8 Å². The van der Waals surface area contributed by atoms with E-state index < -0.39 is 20.0 Å². The summed E-state index contributed by atoms with van der Waals surface area (Å²) in [6.45, 7) is 3.77. The Hall–Kier alpha value is -3.95. The van der Waals surface area contributed by atoms with E-state index in [0.29, 0.717) is 22.6 Å². The Kier molecular flexibility index (Phi) is 7.23. The zero-order chi connectivity index (χ0) is 25.8. The molecule has 7 nitrogen and oxygen atoms in total. The number of hydrogen-bond acceptors (Lipinski definition) is 5. The molecule has 0 spiro atoms. The molecule has 4 aromatic rings. The standard InChI is InChI=1S/C27H25N3O4S2/c1-20-10-14-24(15-11-20)35(31,32)29-23-7-5-6-22(18-23)19-28-26-8-3-4-9-27(26)30-36(33,34)25-16-12-21(2)13-17-25/h3-19,29-30H,1-2H3. The third-order valence-corrected chi connectivity index (χ3v) is 8.08. The lowest BCUT2D eigenvalue weighted by Gasteiger charge is -2.11. The van der Waals surface area contributed by atoms with Gasteiger partial charge < -0.3 is 0 Å². The van der Waals surface area contributed by atoms with Gasteiger partial charge in [0.05, 0.1) is 21.2 Å². The minimum Gasteiger partial charge on any atom is -0.280 e. The number of para-hydroxylation sites is 2. The number of nitrogens with zero attached hydrogens (tertiary/aromatic N) is 1. The first-order chi connectivity index (χ1) is 17.1. The van der Waals surface area contributed by atoms with Crippen LogP contribution in [0.1, 0.15) is 16.7 Å². The SMILES string of the molecule is Cc1ccc(S(=O)(=O)Nc2cccc(C=Nc3ccccc3NS(=O)(=O)c3ccc(C)cc3)c2)cc1. The molecule has 0 heterocycles. The van der Waals surface area contributed by atoms with Crippen LogP contribution in [-0.2, 0) is 20.0 Å². The summed E-state index contributed by atoms with van der Waals surface area (Å²) < 4.78 is 56.2. The lowest BCUT2D eigenvalue weighted by molar-refractivity contribution is 0.599. The Labute approximate surface area is 211 Å². The van der Waals surface area contributed by atoms with E-state index in [-0.39, 0.29) is 9.79 Å². The molecule has 0 aliphatic rings. The maximum Gasteiger partial charge on any atom is 0.261 e. The highest BCUT2D eigenvalue weighted by molar-refractivity contribution is 7.93. The van der Waals surface area contributed by atoms with Crippen LogP contribution in [0.5, 0.6) is 0 Å². The average molecular weight is 520 g/mol. The topological polar surface area (TPSA) is 105 Å². The van der Waals surface area contributed by atoms with Crippen LogP contribution in [0.2, 0.25) is 0 Å². The van der Waals surface area contributed by atoms with Crippen molar-refractivity contribution in [3.63, 3.8) is 0 Å². The number of anilines is 2. The lowest BCUT2D eigenvalue weighted by atomic mass is 10.2. The number of hydrogen-bond donors (Lipinski definition) is 2. The molecule has 36 heavy (non-hydrogen) atoms. The molecule has 0 aromatic heterocycles. The highest BCUT2D eigenvalue weighted by Crippen LogP contribution is 2.27. The smallest absolute Gasteiger partial charge is 0.261 e. The molecule has 9 heteroatoms. The fraction of sp³-hybridized carbons (Fsp3) is 0.0741. The van der Waals surface area contributed by atoms with Crippen molar-refractivity contribution in [3.8, 4) is 0 Å². The van der Waals surface area contributed by atoms with Gasteiger partial charge in [0, 0.05) is 11.9 Å². The highest BCUT2D eigenvalue weighted by Gasteiger charge is 2.16. The lowest BCUT2D eigenvalue weighted by Crippen LogP contribution is -2.13. The molecular formula is C27H25N3O4S2. The van der Waals surface area contributed by atoms with Gasteiger partial charge in [-0.2, -0.15) is 0 Å². The van der Waals surface area contributed by atoms with Crippen molar-refractivity contribution in [2.24, 2.45) is 4.99 Å². The van der Waals surface area contributed by atoms with Gasteiger partial charge in [-0.1, -0.05) is 59.7 Å². The molecule has 0 radical (unpaired) electrons. The number of sulfonamides is 2. The molecule has 0 aliphatic carbocycles. The molecule has 0 saturated carbocycles. The maximum absolute atomic E-state index is 12.8. The first kappa shape index (κ1) is 25.2. The van der Waals surface area contributed by atoms with E-state index >= 15 is 0 Å². The molecule has 4 aromatic carbocycles. The van der Waals surface area contributed by atoms with E-state index in [1.807, 2.05) is 13.8 Å². The Morgan fingerprint density at radius 2 is 1.19 bits per heavy atom. The van der Waals surface area contributed by atoms with Gasteiger partial charge in [-0.05, 0) is 67.9 Å². The van der Waals surface area contributed by atoms with Crippen molar-refractivity contribution in [3.05, 3.63) is 114 Å². The molecule has 0 atom stereocenters. The number of nitrogens with one attached hydrogen (secondary N) is 2. The number of aliphatic imine (C=N–C) groups is 1. The fourth-order valence-electron chi connectivity index (χ4n) is 3.35. The second-order valence-electron chi connectivity index (χ2n) is 8.24. The summed E-state index contributed by atoms with van der Waals surface area (Å²) in [4.78, 5) is 4.77. The van der Waals surface area contributed by atoms with Crippen LogP contribution in [-0.4, -0.2) is 23.1 Å². The number of benzene rings is 4. The monoisotopic (exact) mass is 519 g/mol. The summed E-state index contributed by atoms with van der Waals surface area (Å²) in [5.41, 5.74) is 3.68. The van der Waals surface area contributed by atoms with Crippen molar-refractivity contribution in [1.29, 1.82) is 0 Å². The van der Waals surface area contributed by atoms with Crippen LogP contribution in [0.15, 0.2) is 112 Å². The summed E-state index contributed by atoms with van der Waals surface area (Å²) in [5.74, 6) is 0. The Balaban J connectivity index is 1.54. The summed E-state index contributed by atoms with van der Waals surface area (Å²) >= 11 is 0. The van der Waals surface area contributed by atoms with E-state index in [2.05, 4.69) is 14.4 Å². The second-order valence-corrected chi connectivity index (χ2v) is 11.6. The van der Waals surface area contributed by atoms with E-state index in [0.717, 1.165) is 11.1 Å². The maximum atomic E-state index is 12.8. The van der Waals surface area contributed by atoms with E-state index in [1.54, 1.807) is 103 Å². The minimum absolute atomic E-state index is 0.153. The van der Waals surface area contributed by atoms with Crippen LogP contribution < -0.4 is 9.44 Å². The highest BCUT2D eigenvalue weighted by atomic mass is 32.2. The van der Waals surface area contributed by atoms with Crippen LogP contribution in [0.25, 0.3) is 0 Å².